The Morgan fingerprint density at radius 1 is 1.55 bits per heavy atom. The van der Waals surface area contributed by atoms with Crippen LogP contribution in [0.25, 0.3) is 0 Å². The molecule has 1 rings (SSSR count). The Labute approximate surface area is 66.8 Å². The Bertz CT molecular complexity index is 121. The van der Waals surface area contributed by atoms with Crippen LogP contribution in [0.2, 0.25) is 0 Å². The number of methoxy groups -OCH3 is 1. The molecule has 1 saturated heterocycles. The minimum Gasteiger partial charge on any atom is -0.354 e. The Hall–Kier alpha value is -0.160. The second kappa shape index (κ2) is 4.01. The van der Waals surface area contributed by atoms with Crippen molar-refractivity contribution in [3.63, 3.8) is 0 Å². The van der Waals surface area contributed by atoms with E-state index in [1.54, 1.807) is 7.11 Å². The van der Waals surface area contributed by atoms with Crippen molar-refractivity contribution in [1.82, 2.24) is 0 Å². The highest BCUT2D eigenvalue weighted by molar-refractivity contribution is 4.76. The van der Waals surface area contributed by atoms with Gasteiger partial charge in [0.25, 0.3) is 0 Å². The lowest BCUT2D eigenvalue weighted by molar-refractivity contribution is -0.186. The standard InChI is InChI=1S/C7H16N2O2/c1-10-7-6(9)3-2-5(4-8)11-7/h5-7H,2-4,8-9H2,1H3/t5-,6-,7?/m1/s1. The van der Waals surface area contributed by atoms with Crippen molar-refractivity contribution >= 4 is 0 Å². The first-order valence-electron chi connectivity index (χ1n) is 3.92. The topological polar surface area (TPSA) is 70.5 Å². The highest BCUT2D eigenvalue weighted by Gasteiger charge is 2.27. The maximum absolute atomic E-state index is 5.72. The van der Waals surface area contributed by atoms with Gasteiger partial charge in [0.2, 0.25) is 0 Å². The van der Waals surface area contributed by atoms with Crippen LogP contribution in [0.15, 0.2) is 0 Å². The van der Waals surface area contributed by atoms with E-state index in [2.05, 4.69) is 0 Å². The molecule has 0 spiro atoms. The van der Waals surface area contributed by atoms with Crippen LogP contribution < -0.4 is 11.5 Å². The van der Waals surface area contributed by atoms with Gasteiger partial charge in [0, 0.05) is 13.7 Å². The van der Waals surface area contributed by atoms with Gasteiger partial charge < -0.3 is 20.9 Å². The van der Waals surface area contributed by atoms with Crippen molar-refractivity contribution in [2.75, 3.05) is 13.7 Å². The smallest absolute Gasteiger partial charge is 0.172 e. The van der Waals surface area contributed by atoms with Crippen LogP contribution in [0.1, 0.15) is 12.8 Å². The van der Waals surface area contributed by atoms with Crippen molar-refractivity contribution in [3.05, 3.63) is 0 Å². The van der Waals surface area contributed by atoms with Crippen LogP contribution in [0.4, 0.5) is 0 Å². The summed E-state index contributed by atoms with van der Waals surface area (Å²) in [6.07, 6.45) is 1.73. The highest BCUT2D eigenvalue weighted by atomic mass is 16.7. The third-order valence-corrected chi connectivity index (χ3v) is 1.99. The largest absolute Gasteiger partial charge is 0.354 e. The molecule has 1 heterocycles. The summed E-state index contributed by atoms with van der Waals surface area (Å²) in [6.45, 7) is 0.548. The van der Waals surface area contributed by atoms with Gasteiger partial charge in [-0.1, -0.05) is 0 Å². The number of ether oxygens (including phenoxy) is 2. The summed E-state index contributed by atoms with van der Waals surface area (Å²) in [5, 5.41) is 0. The van der Waals surface area contributed by atoms with E-state index in [0.29, 0.717) is 6.54 Å². The third-order valence-electron chi connectivity index (χ3n) is 1.99. The Kier molecular flexibility index (Phi) is 3.26. The molecule has 0 aromatic carbocycles. The molecule has 0 amide bonds. The van der Waals surface area contributed by atoms with Gasteiger partial charge in [0.05, 0.1) is 12.1 Å². The second-order valence-electron chi connectivity index (χ2n) is 2.84. The molecule has 11 heavy (non-hydrogen) atoms. The molecular formula is C7H16N2O2. The molecule has 0 bridgehead atoms. The maximum atomic E-state index is 5.72. The van der Waals surface area contributed by atoms with Crippen LogP contribution in [-0.4, -0.2) is 32.1 Å². The fourth-order valence-corrected chi connectivity index (χ4v) is 1.28. The molecule has 1 fully saturated rings. The van der Waals surface area contributed by atoms with Crippen molar-refractivity contribution in [1.29, 1.82) is 0 Å². The fraction of sp³-hybridized carbons (Fsp3) is 1.00. The van der Waals surface area contributed by atoms with E-state index < -0.39 is 0 Å². The van der Waals surface area contributed by atoms with Crippen molar-refractivity contribution in [2.45, 2.75) is 31.3 Å². The van der Waals surface area contributed by atoms with E-state index in [4.69, 9.17) is 20.9 Å². The van der Waals surface area contributed by atoms with Crippen molar-refractivity contribution in [2.24, 2.45) is 11.5 Å². The van der Waals surface area contributed by atoms with Crippen LogP contribution in [-0.2, 0) is 9.47 Å². The van der Waals surface area contributed by atoms with E-state index in [1.807, 2.05) is 0 Å². The van der Waals surface area contributed by atoms with E-state index >= 15 is 0 Å². The zero-order valence-electron chi connectivity index (χ0n) is 6.82. The van der Waals surface area contributed by atoms with Gasteiger partial charge in [0.1, 0.15) is 0 Å². The van der Waals surface area contributed by atoms with Crippen LogP contribution in [0, 0.1) is 0 Å². The van der Waals surface area contributed by atoms with Crippen LogP contribution in [0.5, 0.6) is 0 Å². The predicted octanol–water partition coefficient (Wildman–Crippen LogP) is -0.576. The summed E-state index contributed by atoms with van der Waals surface area (Å²) in [4.78, 5) is 0. The van der Waals surface area contributed by atoms with Crippen molar-refractivity contribution < 1.29 is 9.47 Å². The van der Waals surface area contributed by atoms with Gasteiger partial charge >= 0.3 is 0 Å². The summed E-state index contributed by atoms with van der Waals surface area (Å²) in [5.41, 5.74) is 11.2. The minimum atomic E-state index is -0.266. The fourth-order valence-electron chi connectivity index (χ4n) is 1.28. The van der Waals surface area contributed by atoms with Gasteiger partial charge in [-0.05, 0) is 12.8 Å². The molecule has 4 N–H and O–H groups in total. The maximum Gasteiger partial charge on any atom is 0.172 e. The molecule has 3 atom stereocenters. The lowest BCUT2D eigenvalue weighted by Gasteiger charge is -2.32. The molecule has 4 heteroatoms. The van der Waals surface area contributed by atoms with Gasteiger partial charge in [-0.3, -0.25) is 0 Å². The Morgan fingerprint density at radius 3 is 2.82 bits per heavy atom. The van der Waals surface area contributed by atoms with E-state index in [9.17, 15) is 0 Å². The number of nitrogens with two attached hydrogens (primary N) is 2. The molecule has 66 valence electrons. The van der Waals surface area contributed by atoms with Crippen LogP contribution in [0.3, 0.4) is 0 Å². The first-order chi connectivity index (χ1) is 5.27. The average Bonchev–Trinajstić information content (AvgIpc) is 2.05. The molecule has 1 unspecified atom stereocenters. The molecular weight excluding hydrogens is 144 g/mol. The Morgan fingerprint density at radius 2 is 2.27 bits per heavy atom. The minimum absolute atomic E-state index is 0.00259. The summed E-state index contributed by atoms with van der Waals surface area (Å²) in [6, 6.07) is 0.00259. The molecule has 0 saturated carbocycles. The quantitative estimate of drug-likeness (QED) is 0.567. The Balaban J connectivity index is 2.37. The lowest BCUT2D eigenvalue weighted by atomic mass is 10.0. The number of hydrogen-bond acceptors (Lipinski definition) is 4. The molecule has 1 aliphatic rings. The SMILES string of the molecule is COC1O[C@@H](CN)CC[C@H]1N. The summed E-state index contributed by atoms with van der Waals surface area (Å²) < 4.78 is 10.5. The third kappa shape index (κ3) is 2.13. The summed E-state index contributed by atoms with van der Waals surface area (Å²) in [7, 11) is 1.60. The second-order valence-corrected chi connectivity index (χ2v) is 2.84. The zero-order valence-corrected chi connectivity index (χ0v) is 6.82. The first kappa shape index (κ1) is 8.93. The first-order valence-corrected chi connectivity index (χ1v) is 3.92. The molecule has 0 aromatic heterocycles. The highest BCUT2D eigenvalue weighted by Crippen LogP contribution is 2.17. The number of hydrogen-bond donors (Lipinski definition) is 2. The van der Waals surface area contributed by atoms with Gasteiger partial charge in [-0.15, -0.1) is 0 Å². The molecule has 0 radical (unpaired) electrons. The van der Waals surface area contributed by atoms with Gasteiger partial charge in [-0.2, -0.15) is 0 Å². The molecule has 0 aliphatic carbocycles. The molecule has 4 nitrogen and oxygen atoms in total. The van der Waals surface area contributed by atoms with E-state index in [0.717, 1.165) is 12.8 Å². The van der Waals surface area contributed by atoms with E-state index in [1.165, 1.54) is 0 Å². The number of rotatable bonds is 2. The zero-order chi connectivity index (χ0) is 8.27. The van der Waals surface area contributed by atoms with Gasteiger partial charge in [-0.25, -0.2) is 0 Å². The monoisotopic (exact) mass is 160 g/mol. The summed E-state index contributed by atoms with van der Waals surface area (Å²) in [5.74, 6) is 0. The van der Waals surface area contributed by atoms with Crippen LogP contribution >= 0.6 is 0 Å². The van der Waals surface area contributed by atoms with Crippen molar-refractivity contribution in [3.8, 4) is 0 Å². The molecule has 0 aromatic rings. The average molecular weight is 160 g/mol. The normalized spacial score (nSPS) is 39.0. The van der Waals surface area contributed by atoms with Gasteiger partial charge in [0.15, 0.2) is 6.29 Å². The lowest BCUT2D eigenvalue weighted by Crippen LogP contribution is -2.47. The van der Waals surface area contributed by atoms with E-state index in [-0.39, 0.29) is 18.4 Å². The predicted molar refractivity (Wildman–Crippen MR) is 41.9 cm³/mol. The summed E-state index contributed by atoms with van der Waals surface area (Å²) >= 11 is 0. The molecule has 1 aliphatic heterocycles.